The Bertz CT molecular complexity index is 620. The minimum Gasteiger partial charge on any atom is -0.319 e. The van der Waals surface area contributed by atoms with E-state index in [-0.39, 0.29) is 11.4 Å². The first kappa shape index (κ1) is 14.0. The van der Waals surface area contributed by atoms with Gasteiger partial charge in [0, 0.05) is 10.9 Å². The third-order valence-electron chi connectivity index (χ3n) is 3.88. The van der Waals surface area contributed by atoms with Crippen LogP contribution in [0.2, 0.25) is 5.02 Å². The van der Waals surface area contributed by atoms with Crippen LogP contribution in [0.1, 0.15) is 37.1 Å². The number of hydrogen-bond acceptors (Lipinski definition) is 3. The zero-order valence-electron chi connectivity index (χ0n) is 11.0. The number of hydrogen-bond donors (Lipinski definition) is 1. The Kier molecular flexibility index (Phi) is 3.80. The van der Waals surface area contributed by atoms with E-state index in [1.54, 1.807) is 17.4 Å². The third-order valence-corrected chi connectivity index (χ3v) is 5.26. The molecule has 1 aromatic heterocycles. The Morgan fingerprint density at radius 2 is 2.00 bits per heavy atom. The van der Waals surface area contributed by atoms with Crippen LogP contribution in [-0.4, -0.2) is 4.98 Å². The molecule has 1 aromatic carbocycles. The van der Waals surface area contributed by atoms with Gasteiger partial charge in [-0.05, 0) is 31.0 Å². The Morgan fingerprint density at radius 1 is 1.25 bits per heavy atom. The molecule has 20 heavy (non-hydrogen) atoms. The summed E-state index contributed by atoms with van der Waals surface area (Å²) in [6.07, 6.45) is 5.53. The SMILES string of the molecule is NC1(c2nc(-c3ccc(F)cc3Cl)cs2)CCCCC1. The lowest BCUT2D eigenvalue weighted by atomic mass is 9.83. The minimum absolute atomic E-state index is 0.298. The highest BCUT2D eigenvalue weighted by molar-refractivity contribution is 7.10. The zero-order valence-corrected chi connectivity index (χ0v) is 12.6. The van der Waals surface area contributed by atoms with E-state index >= 15 is 0 Å². The maximum absolute atomic E-state index is 13.1. The van der Waals surface area contributed by atoms with Crippen molar-refractivity contribution in [3.05, 3.63) is 39.4 Å². The molecular weight excluding hydrogens is 295 g/mol. The van der Waals surface area contributed by atoms with Crippen LogP contribution < -0.4 is 5.73 Å². The topological polar surface area (TPSA) is 38.9 Å². The molecule has 2 aromatic rings. The molecule has 106 valence electrons. The molecule has 0 radical (unpaired) electrons. The molecule has 0 unspecified atom stereocenters. The average Bonchev–Trinajstić information content (AvgIpc) is 2.90. The van der Waals surface area contributed by atoms with Crippen molar-refractivity contribution < 1.29 is 4.39 Å². The number of aromatic nitrogens is 1. The van der Waals surface area contributed by atoms with Gasteiger partial charge in [0.1, 0.15) is 10.8 Å². The van der Waals surface area contributed by atoms with E-state index in [1.807, 2.05) is 5.38 Å². The summed E-state index contributed by atoms with van der Waals surface area (Å²) in [7, 11) is 0. The first-order chi connectivity index (χ1) is 9.58. The lowest BCUT2D eigenvalue weighted by Crippen LogP contribution is -2.38. The largest absolute Gasteiger partial charge is 0.319 e. The summed E-state index contributed by atoms with van der Waals surface area (Å²) in [5.41, 5.74) is 7.73. The van der Waals surface area contributed by atoms with E-state index in [9.17, 15) is 4.39 Å². The van der Waals surface area contributed by atoms with Gasteiger partial charge in [0.15, 0.2) is 0 Å². The van der Waals surface area contributed by atoms with Crippen molar-refractivity contribution in [1.29, 1.82) is 0 Å². The Hall–Kier alpha value is -0.970. The van der Waals surface area contributed by atoms with E-state index < -0.39 is 0 Å². The molecule has 2 nitrogen and oxygen atoms in total. The molecule has 0 aliphatic heterocycles. The van der Waals surface area contributed by atoms with Crippen molar-refractivity contribution >= 4 is 22.9 Å². The van der Waals surface area contributed by atoms with Gasteiger partial charge in [-0.3, -0.25) is 0 Å². The van der Waals surface area contributed by atoms with E-state index in [1.165, 1.54) is 18.6 Å². The number of halogens is 2. The summed E-state index contributed by atoms with van der Waals surface area (Å²) in [5.74, 6) is -0.336. The van der Waals surface area contributed by atoms with Crippen molar-refractivity contribution in [2.24, 2.45) is 5.73 Å². The van der Waals surface area contributed by atoms with E-state index in [0.717, 1.165) is 41.9 Å². The number of nitrogens with zero attached hydrogens (tertiary/aromatic N) is 1. The van der Waals surface area contributed by atoms with Crippen molar-refractivity contribution in [3.8, 4) is 11.3 Å². The predicted molar refractivity (Wildman–Crippen MR) is 81.5 cm³/mol. The van der Waals surface area contributed by atoms with Gasteiger partial charge in [-0.25, -0.2) is 9.37 Å². The molecule has 0 spiro atoms. The van der Waals surface area contributed by atoms with E-state index in [4.69, 9.17) is 17.3 Å². The van der Waals surface area contributed by atoms with Gasteiger partial charge in [0.2, 0.25) is 0 Å². The minimum atomic E-state index is -0.336. The van der Waals surface area contributed by atoms with Crippen LogP contribution in [0.3, 0.4) is 0 Å². The molecule has 1 fully saturated rings. The van der Waals surface area contributed by atoms with Crippen molar-refractivity contribution in [3.63, 3.8) is 0 Å². The average molecular weight is 311 g/mol. The van der Waals surface area contributed by atoms with Gasteiger partial charge in [0.25, 0.3) is 0 Å². The monoisotopic (exact) mass is 310 g/mol. The second kappa shape index (κ2) is 5.43. The molecule has 0 saturated heterocycles. The van der Waals surface area contributed by atoms with Gasteiger partial charge in [0.05, 0.1) is 16.3 Å². The molecule has 0 amide bonds. The Balaban J connectivity index is 1.93. The molecule has 0 atom stereocenters. The van der Waals surface area contributed by atoms with E-state index in [0.29, 0.717) is 5.02 Å². The summed E-state index contributed by atoms with van der Waals surface area (Å²) in [6.45, 7) is 0. The maximum Gasteiger partial charge on any atom is 0.124 e. The predicted octanol–water partition coefficient (Wildman–Crippen LogP) is 4.72. The standard InChI is InChI=1S/C15H16ClFN2S/c16-12-8-10(17)4-5-11(12)13-9-20-14(19-13)15(18)6-2-1-3-7-15/h4-5,8-9H,1-3,6-7,18H2. The number of thiazole rings is 1. The fourth-order valence-corrected chi connectivity index (χ4v) is 3.98. The maximum atomic E-state index is 13.1. The summed E-state index contributed by atoms with van der Waals surface area (Å²) >= 11 is 7.66. The third kappa shape index (κ3) is 2.60. The lowest BCUT2D eigenvalue weighted by Gasteiger charge is -2.31. The molecule has 1 saturated carbocycles. The van der Waals surface area contributed by atoms with Crippen molar-refractivity contribution in [2.45, 2.75) is 37.6 Å². The summed E-state index contributed by atoms with van der Waals surface area (Å²) < 4.78 is 13.1. The van der Waals surface area contributed by atoms with Gasteiger partial charge >= 0.3 is 0 Å². The second-order valence-electron chi connectivity index (χ2n) is 5.38. The highest BCUT2D eigenvalue weighted by atomic mass is 35.5. The van der Waals surface area contributed by atoms with E-state index in [2.05, 4.69) is 4.98 Å². The molecule has 1 aliphatic rings. The molecular formula is C15H16ClFN2S. The van der Waals surface area contributed by atoms with Crippen LogP contribution >= 0.6 is 22.9 Å². The number of nitrogens with two attached hydrogens (primary N) is 1. The second-order valence-corrected chi connectivity index (χ2v) is 6.64. The van der Waals surface area contributed by atoms with Crippen LogP contribution in [-0.2, 0) is 5.54 Å². The van der Waals surface area contributed by atoms with Gasteiger partial charge in [-0.15, -0.1) is 11.3 Å². The molecule has 2 N–H and O–H groups in total. The molecule has 3 rings (SSSR count). The fourth-order valence-electron chi connectivity index (χ4n) is 2.72. The smallest absolute Gasteiger partial charge is 0.124 e. The molecule has 1 aliphatic carbocycles. The highest BCUT2D eigenvalue weighted by Crippen LogP contribution is 2.38. The summed E-state index contributed by atoms with van der Waals surface area (Å²) in [6, 6.07) is 4.38. The van der Waals surface area contributed by atoms with Crippen LogP contribution in [0.5, 0.6) is 0 Å². The quantitative estimate of drug-likeness (QED) is 0.871. The number of benzene rings is 1. The van der Waals surface area contributed by atoms with Crippen molar-refractivity contribution in [1.82, 2.24) is 4.98 Å². The normalized spacial score (nSPS) is 18.1. The van der Waals surface area contributed by atoms with Crippen LogP contribution in [0, 0.1) is 5.82 Å². The Morgan fingerprint density at radius 3 is 2.70 bits per heavy atom. The van der Waals surface area contributed by atoms with Crippen LogP contribution in [0.4, 0.5) is 4.39 Å². The van der Waals surface area contributed by atoms with Crippen molar-refractivity contribution in [2.75, 3.05) is 0 Å². The first-order valence-electron chi connectivity index (χ1n) is 6.79. The van der Waals surface area contributed by atoms with Gasteiger partial charge in [-0.2, -0.15) is 0 Å². The lowest BCUT2D eigenvalue weighted by molar-refractivity contribution is 0.301. The van der Waals surface area contributed by atoms with Gasteiger partial charge < -0.3 is 5.73 Å². The van der Waals surface area contributed by atoms with Crippen LogP contribution in [0.15, 0.2) is 23.6 Å². The molecule has 0 bridgehead atoms. The summed E-state index contributed by atoms with van der Waals surface area (Å²) in [5, 5.41) is 3.31. The van der Waals surface area contributed by atoms with Crippen LogP contribution in [0.25, 0.3) is 11.3 Å². The Labute approximate surface area is 126 Å². The van der Waals surface area contributed by atoms with Gasteiger partial charge in [-0.1, -0.05) is 30.9 Å². The fraction of sp³-hybridized carbons (Fsp3) is 0.400. The highest BCUT2D eigenvalue weighted by Gasteiger charge is 2.32. The molecule has 5 heteroatoms. The zero-order chi connectivity index (χ0) is 14.2. The number of rotatable bonds is 2. The first-order valence-corrected chi connectivity index (χ1v) is 8.05. The summed E-state index contributed by atoms with van der Waals surface area (Å²) in [4.78, 5) is 4.65. The molecule has 1 heterocycles.